The van der Waals surface area contributed by atoms with Crippen molar-refractivity contribution in [1.82, 2.24) is 9.80 Å². The summed E-state index contributed by atoms with van der Waals surface area (Å²) in [4.78, 5) is 29.5. The number of likely N-dealkylation sites (N-methyl/N-ethyl adjacent to an activating group) is 1. The molecule has 0 aliphatic carbocycles. The van der Waals surface area contributed by atoms with E-state index in [4.69, 9.17) is 4.74 Å². The number of phenolic OH excluding ortho intramolecular Hbond substituents is 1. The van der Waals surface area contributed by atoms with Gasteiger partial charge in [-0.1, -0.05) is 32.9 Å². The molecule has 1 aliphatic rings. The summed E-state index contributed by atoms with van der Waals surface area (Å²) >= 11 is 0. The number of phenols is 1. The number of aliphatic hydroxyl groups is 1. The van der Waals surface area contributed by atoms with Crippen LogP contribution in [0.4, 0.5) is 0 Å². The molecule has 1 heterocycles. The van der Waals surface area contributed by atoms with Crippen LogP contribution in [0.3, 0.4) is 0 Å². The Bertz CT molecular complexity index is 1080. The molecule has 0 saturated carbocycles. The van der Waals surface area contributed by atoms with E-state index in [0.717, 1.165) is 5.56 Å². The first kappa shape index (κ1) is 24.3. The first-order chi connectivity index (χ1) is 15.5. The summed E-state index contributed by atoms with van der Waals surface area (Å²) in [5.74, 6) is -0.847. The van der Waals surface area contributed by atoms with E-state index in [-0.39, 0.29) is 22.5 Å². The van der Waals surface area contributed by atoms with Gasteiger partial charge in [-0.25, -0.2) is 0 Å². The van der Waals surface area contributed by atoms with E-state index in [9.17, 15) is 19.8 Å². The second-order valence-electron chi connectivity index (χ2n) is 9.55. The molecular weight excluding hydrogens is 420 g/mol. The molecule has 1 saturated heterocycles. The molecule has 33 heavy (non-hydrogen) atoms. The Morgan fingerprint density at radius 3 is 2.27 bits per heavy atom. The summed E-state index contributed by atoms with van der Waals surface area (Å²) in [5, 5.41) is 21.1. The number of likely N-dealkylation sites (tertiary alicyclic amines) is 1. The summed E-state index contributed by atoms with van der Waals surface area (Å²) in [6.45, 7) is 6.97. The van der Waals surface area contributed by atoms with Crippen LogP contribution in [0.2, 0.25) is 0 Å². The number of methoxy groups -OCH3 is 1. The number of aliphatic hydroxyl groups excluding tert-OH is 1. The largest absolute Gasteiger partial charge is 0.508 e. The van der Waals surface area contributed by atoms with Crippen molar-refractivity contribution >= 4 is 17.4 Å². The van der Waals surface area contributed by atoms with Crippen molar-refractivity contribution in [1.29, 1.82) is 0 Å². The molecule has 176 valence electrons. The van der Waals surface area contributed by atoms with Gasteiger partial charge in [0.25, 0.3) is 11.7 Å². The number of amides is 1. The number of nitrogens with zero attached hydrogens (tertiary/aromatic N) is 2. The van der Waals surface area contributed by atoms with E-state index >= 15 is 0 Å². The van der Waals surface area contributed by atoms with Crippen molar-refractivity contribution in [3.63, 3.8) is 0 Å². The Labute approximate surface area is 194 Å². The van der Waals surface area contributed by atoms with Crippen LogP contribution in [0, 0.1) is 0 Å². The Balaban J connectivity index is 2.19. The molecule has 7 nitrogen and oxygen atoms in total. The maximum absolute atomic E-state index is 13.1. The second-order valence-corrected chi connectivity index (χ2v) is 9.55. The molecule has 3 rings (SSSR count). The van der Waals surface area contributed by atoms with E-state index < -0.39 is 17.7 Å². The molecule has 1 unspecified atom stereocenters. The number of rotatable bonds is 6. The highest BCUT2D eigenvalue weighted by atomic mass is 16.5. The molecule has 2 aromatic rings. The van der Waals surface area contributed by atoms with Crippen LogP contribution in [0.25, 0.3) is 5.76 Å². The lowest BCUT2D eigenvalue weighted by molar-refractivity contribution is -0.140. The third kappa shape index (κ3) is 4.88. The van der Waals surface area contributed by atoms with Crippen molar-refractivity contribution in [2.24, 2.45) is 0 Å². The Hall–Kier alpha value is -3.32. The number of hydrogen-bond acceptors (Lipinski definition) is 6. The van der Waals surface area contributed by atoms with Crippen LogP contribution in [0.1, 0.15) is 43.5 Å². The minimum absolute atomic E-state index is 0.0365. The fourth-order valence-corrected chi connectivity index (χ4v) is 4.02. The molecule has 0 aromatic heterocycles. The fourth-order valence-electron chi connectivity index (χ4n) is 4.02. The average molecular weight is 453 g/mol. The molecule has 1 atom stereocenters. The molecule has 7 heteroatoms. The number of benzene rings is 2. The van der Waals surface area contributed by atoms with E-state index in [1.165, 1.54) is 17.0 Å². The van der Waals surface area contributed by atoms with Crippen LogP contribution in [0.5, 0.6) is 11.5 Å². The molecule has 0 spiro atoms. The third-order valence-corrected chi connectivity index (χ3v) is 5.82. The van der Waals surface area contributed by atoms with Crippen LogP contribution in [-0.2, 0) is 15.0 Å². The van der Waals surface area contributed by atoms with Gasteiger partial charge in [0.2, 0.25) is 0 Å². The highest BCUT2D eigenvalue weighted by Crippen LogP contribution is 2.41. The number of ether oxygens (including phenoxy) is 1. The summed E-state index contributed by atoms with van der Waals surface area (Å²) in [7, 11) is 5.36. The summed E-state index contributed by atoms with van der Waals surface area (Å²) in [6.07, 6.45) is 0. The Morgan fingerprint density at radius 2 is 1.73 bits per heavy atom. The molecule has 2 aromatic carbocycles. The van der Waals surface area contributed by atoms with Crippen LogP contribution in [-0.4, -0.2) is 66.0 Å². The van der Waals surface area contributed by atoms with Crippen LogP contribution >= 0.6 is 0 Å². The molecule has 1 amide bonds. The van der Waals surface area contributed by atoms with E-state index in [1.807, 2.05) is 39.8 Å². The Kier molecular flexibility index (Phi) is 6.84. The quantitative estimate of drug-likeness (QED) is 0.395. The van der Waals surface area contributed by atoms with E-state index in [0.29, 0.717) is 30.0 Å². The van der Waals surface area contributed by atoms with Gasteiger partial charge in [-0.3, -0.25) is 9.59 Å². The lowest BCUT2D eigenvalue weighted by atomic mass is 9.84. The standard InChI is InChI=1S/C26H32N2O5/c1-26(2,3)19-15-17(9-12-20(19)33-6)23(30)21-22(16-7-10-18(29)11-8-16)28(14-13-27(4)5)25(32)24(21)31/h7-12,15,22,29-30H,13-14H2,1-6H3/b23-21-. The van der Waals surface area contributed by atoms with Crippen LogP contribution in [0.15, 0.2) is 48.0 Å². The molecule has 1 fully saturated rings. The van der Waals surface area contributed by atoms with Gasteiger partial charge in [0, 0.05) is 24.2 Å². The lowest BCUT2D eigenvalue weighted by Crippen LogP contribution is -2.35. The monoisotopic (exact) mass is 452 g/mol. The zero-order valence-electron chi connectivity index (χ0n) is 20.0. The molecule has 0 radical (unpaired) electrons. The van der Waals surface area contributed by atoms with E-state index in [2.05, 4.69) is 0 Å². The van der Waals surface area contributed by atoms with Gasteiger partial charge >= 0.3 is 0 Å². The number of carbonyl (C=O) groups excluding carboxylic acids is 2. The normalized spacial score (nSPS) is 18.3. The number of carbonyl (C=O) groups is 2. The summed E-state index contributed by atoms with van der Waals surface area (Å²) in [5.41, 5.74) is 1.72. The fraction of sp³-hybridized carbons (Fsp3) is 0.385. The first-order valence-electron chi connectivity index (χ1n) is 10.9. The highest BCUT2D eigenvalue weighted by Gasteiger charge is 2.46. The first-order valence-corrected chi connectivity index (χ1v) is 10.9. The van der Waals surface area contributed by atoms with Crippen molar-refractivity contribution in [3.05, 3.63) is 64.7 Å². The molecule has 2 N–H and O–H groups in total. The van der Waals surface area contributed by atoms with E-state index in [1.54, 1.807) is 37.4 Å². The zero-order valence-corrected chi connectivity index (χ0v) is 20.0. The van der Waals surface area contributed by atoms with Crippen molar-refractivity contribution in [3.8, 4) is 11.5 Å². The SMILES string of the molecule is COc1ccc(/C(O)=C2/C(=O)C(=O)N(CCN(C)C)C2c2ccc(O)cc2)cc1C(C)(C)C. The number of aromatic hydroxyl groups is 1. The predicted molar refractivity (Wildman–Crippen MR) is 127 cm³/mol. The summed E-state index contributed by atoms with van der Waals surface area (Å²) in [6, 6.07) is 10.8. The number of ketones is 1. The van der Waals surface area contributed by atoms with Crippen molar-refractivity contribution in [2.45, 2.75) is 32.2 Å². The minimum atomic E-state index is -0.759. The Morgan fingerprint density at radius 1 is 1.09 bits per heavy atom. The lowest BCUT2D eigenvalue weighted by Gasteiger charge is -2.27. The number of hydrogen-bond donors (Lipinski definition) is 2. The maximum atomic E-state index is 13.1. The van der Waals surface area contributed by atoms with Gasteiger partial charge in [-0.2, -0.15) is 0 Å². The van der Waals surface area contributed by atoms with Crippen LogP contribution < -0.4 is 4.74 Å². The predicted octanol–water partition coefficient (Wildman–Crippen LogP) is 3.68. The third-order valence-electron chi connectivity index (χ3n) is 5.82. The average Bonchev–Trinajstić information content (AvgIpc) is 3.01. The maximum Gasteiger partial charge on any atom is 0.295 e. The topological polar surface area (TPSA) is 90.3 Å². The van der Waals surface area contributed by atoms with Crippen molar-refractivity contribution in [2.75, 3.05) is 34.3 Å². The zero-order chi connectivity index (χ0) is 24.5. The number of Topliss-reactive ketones (excluding diaryl/α,β-unsaturated/α-hetero) is 1. The van der Waals surface area contributed by atoms with Crippen molar-refractivity contribution < 1.29 is 24.5 Å². The molecule has 0 bridgehead atoms. The van der Waals surface area contributed by atoms with Gasteiger partial charge in [0.15, 0.2) is 0 Å². The summed E-state index contributed by atoms with van der Waals surface area (Å²) < 4.78 is 5.49. The molecule has 1 aliphatic heterocycles. The van der Waals surface area contributed by atoms with Gasteiger partial charge in [-0.15, -0.1) is 0 Å². The smallest absolute Gasteiger partial charge is 0.295 e. The highest BCUT2D eigenvalue weighted by molar-refractivity contribution is 6.46. The molecular formula is C26H32N2O5. The minimum Gasteiger partial charge on any atom is -0.508 e. The van der Waals surface area contributed by atoms with Gasteiger partial charge < -0.3 is 24.7 Å². The van der Waals surface area contributed by atoms with Gasteiger partial charge in [0.1, 0.15) is 17.3 Å². The second kappa shape index (κ2) is 9.27. The van der Waals surface area contributed by atoms with Gasteiger partial charge in [0.05, 0.1) is 18.7 Å². The van der Waals surface area contributed by atoms with Gasteiger partial charge in [-0.05, 0) is 55.4 Å².